The smallest absolute Gasteiger partial charge is 0.307 e. The summed E-state index contributed by atoms with van der Waals surface area (Å²) in [6, 6.07) is 7.69. The number of carboxylic acid groups (broad SMARTS) is 1. The van der Waals surface area contributed by atoms with Crippen LogP contribution in [-0.2, 0) is 4.79 Å². The van der Waals surface area contributed by atoms with Gasteiger partial charge in [0, 0.05) is 24.8 Å². The molecule has 0 aliphatic carbocycles. The van der Waals surface area contributed by atoms with Crippen LogP contribution >= 0.6 is 0 Å². The largest absolute Gasteiger partial charge is 0.481 e. The molecule has 1 saturated heterocycles. The van der Waals surface area contributed by atoms with Gasteiger partial charge in [0.05, 0.1) is 5.92 Å². The van der Waals surface area contributed by atoms with E-state index < -0.39 is 5.97 Å². The SMILES string of the molecule is NC[C@@H](c1cccc(N)c1)N1CC[C@@H](C(=O)O)C1. The normalized spacial score (nSPS) is 21.9. The van der Waals surface area contributed by atoms with Crippen molar-refractivity contribution in [2.45, 2.75) is 12.5 Å². The number of nitrogens with zero attached hydrogens (tertiary/aromatic N) is 1. The number of aliphatic carboxylic acids is 1. The lowest BCUT2D eigenvalue weighted by molar-refractivity contribution is -0.141. The molecular formula is C13H19N3O2. The lowest BCUT2D eigenvalue weighted by Crippen LogP contribution is -2.32. The van der Waals surface area contributed by atoms with E-state index in [2.05, 4.69) is 4.90 Å². The van der Waals surface area contributed by atoms with Crippen LogP contribution < -0.4 is 11.5 Å². The van der Waals surface area contributed by atoms with E-state index in [1.165, 1.54) is 0 Å². The highest BCUT2D eigenvalue weighted by Gasteiger charge is 2.32. The molecule has 0 saturated carbocycles. The summed E-state index contributed by atoms with van der Waals surface area (Å²) in [5, 5.41) is 9.02. The Morgan fingerprint density at radius 3 is 2.89 bits per heavy atom. The van der Waals surface area contributed by atoms with Gasteiger partial charge in [0.15, 0.2) is 0 Å². The van der Waals surface area contributed by atoms with Gasteiger partial charge in [-0.1, -0.05) is 12.1 Å². The molecule has 1 aliphatic heterocycles. The van der Waals surface area contributed by atoms with Gasteiger partial charge >= 0.3 is 5.97 Å². The van der Waals surface area contributed by atoms with Crippen LogP contribution in [0.2, 0.25) is 0 Å². The molecule has 2 atom stereocenters. The van der Waals surface area contributed by atoms with Crippen LogP contribution in [0.25, 0.3) is 0 Å². The monoisotopic (exact) mass is 249 g/mol. The summed E-state index contributed by atoms with van der Waals surface area (Å²) in [6.45, 7) is 1.80. The third-order valence-electron chi connectivity index (χ3n) is 3.53. The zero-order chi connectivity index (χ0) is 13.1. The van der Waals surface area contributed by atoms with Crippen LogP contribution in [0.3, 0.4) is 0 Å². The fraction of sp³-hybridized carbons (Fsp3) is 0.462. The Labute approximate surface area is 106 Å². The van der Waals surface area contributed by atoms with Gasteiger partial charge in [0.1, 0.15) is 0 Å². The van der Waals surface area contributed by atoms with Crippen molar-refractivity contribution in [2.24, 2.45) is 11.7 Å². The van der Waals surface area contributed by atoms with E-state index in [0.717, 1.165) is 12.1 Å². The standard InChI is InChI=1S/C13H19N3O2/c14-7-12(9-2-1-3-11(15)6-9)16-5-4-10(8-16)13(17)18/h1-3,6,10,12H,4-5,7-8,14-15H2,(H,17,18)/t10-,12+/m1/s1. The van der Waals surface area contributed by atoms with E-state index >= 15 is 0 Å². The molecule has 0 bridgehead atoms. The highest BCUT2D eigenvalue weighted by Crippen LogP contribution is 2.28. The van der Waals surface area contributed by atoms with Crippen LogP contribution in [0.5, 0.6) is 0 Å². The van der Waals surface area contributed by atoms with Crippen LogP contribution in [0.15, 0.2) is 24.3 Å². The van der Waals surface area contributed by atoms with Gasteiger partial charge in [-0.05, 0) is 30.7 Å². The second kappa shape index (κ2) is 5.37. The molecule has 1 fully saturated rings. The molecule has 1 aliphatic rings. The molecule has 0 radical (unpaired) electrons. The second-order valence-corrected chi connectivity index (χ2v) is 4.74. The molecule has 1 aromatic rings. The molecule has 1 aromatic carbocycles. The number of nitrogens with two attached hydrogens (primary N) is 2. The highest BCUT2D eigenvalue weighted by molar-refractivity contribution is 5.70. The predicted molar refractivity (Wildman–Crippen MR) is 70.0 cm³/mol. The predicted octanol–water partition coefficient (Wildman–Crippen LogP) is 0.675. The topological polar surface area (TPSA) is 92.6 Å². The van der Waals surface area contributed by atoms with E-state index in [1.807, 2.05) is 24.3 Å². The Balaban J connectivity index is 2.13. The number of likely N-dealkylation sites (tertiary alicyclic amines) is 1. The highest BCUT2D eigenvalue weighted by atomic mass is 16.4. The molecule has 18 heavy (non-hydrogen) atoms. The van der Waals surface area contributed by atoms with Crippen molar-refractivity contribution >= 4 is 11.7 Å². The molecule has 0 spiro atoms. The number of anilines is 1. The minimum absolute atomic E-state index is 0.0536. The van der Waals surface area contributed by atoms with Gasteiger partial charge in [-0.25, -0.2) is 0 Å². The van der Waals surface area contributed by atoms with Crippen molar-refractivity contribution in [3.8, 4) is 0 Å². The molecule has 0 aromatic heterocycles. The van der Waals surface area contributed by atoms with Crippen molar-refractivity contribution in [3.05, 3.63) is 29.8 Å². The molecule has 0 amide bonds. The first-order valence-corrected chi connectivity index (χ1v) is 6.14. The van der Waals surface area contributed by atoms with Gasteiger partial charge < -0.3 is 16.6 Å². The number of hydrogen-bond donors (Lipinski definition) is 3. The summed E-state index contributed by atoms with van der Waals surface area (Å²) in [5.41, 5.74) is 13.4. The van der Waals surface area contributed by atoms with Crippen LogP contribution in [0.4, 0.5) is 5.69 Å². The number of rotatable bonds is 4. The third-order valence-corrected chi connectivity index (χ3v) is 3.53. The second-order valence-electron chi connectivity index (χ2n) is 4.74. The first-order chi connectivity index (χ1) is 8.61. The fourth-order valence-electron chi connectivity index (χ4n) is 2.53. The lowest BCUT2D eigenvalue weighted by Gasteiger charge is -2.27. The van der Waals surface area contributed by atoms with E-state index in [9.17, 15) is 4.79 Å². The van der Waals surface area contributed by atoms with Crippen LogP contribution in [0.1, 0.15) is 18.0 Å². The minimum Gasteiger partial charge on any atom is -0.481 e. The number of benzene rings is 1. The summed E-state index contributed by atoms with van der Waals surface area (Å²) in [5.74, 6) is -0.999. The van der Waals surface area contributed by atoms with Crippen LogP contribution in [-0.4, -0.2) is 35.6 Å². The molecule has 5 heteroatoms. The Hall–Kier alpha value is -1.59. The van der Waals surface area contributed by atoms with Crippen molar-refractivity contribution in [1.29, 1.82) is 0 Å². The quantitative estimate of drug-likeness (QED) is 0.682. The number of carboxylic acids is 1. The van der Waals surface area contributed by atoms with Gasteiger partial charge in [-0.3, -0.25) is 9.69 Å². The molecular weight excluding hydrogens is 230 g/mol. The summed E-state index contributed by atoms with van der Waals surface area (Å²) in [4.78, 5) is 13.1. The van der Waals surface area contributed by atoms with E-state index in [1.54, 1.807) is 0 Å². The molecule has 5 nitrogen and oxygen atoms in total. The lowest BCUT2D eigenvalue weighted by atomic mass is 10.0. The van der Waals surface area contributed by atoms with Crippen molar-refractivity contribution in [1.82, 2.24) is 4.90 Å². The summed E-state index contributed by atoms with van der Waals surface area (Å²) >= 11 is 0. The van der Waals surface area contributed by atoms with Gasteiger partial charge in [-0.15, -0.1) is 0 Å². The molecule has 98 valence electrons. The first-order valence-electron chi connectivity index (χ1n) is 6.14. The van der Waals surface area contributed by atoms with E-state index in [-0.39, 0.29) is 12.0 Å². The Morgan fingerprint density at radius 1 is 1.56 bits per heavy atom. The molecule has 2 rings (SSSR count). The average Bonchev–Trinajstić information content (AvgIpc) is 2.80. The number of carbonyl (C=O) groups is 1. The van der Waals surface area contributed by atoms with E-state index in [0.29, 0.717) is 25.2 Å². The number of nitrogen functional groups attached to an aromatic ring is 1. The summed E-state index contributed by atoms with van der Waals surface area (Å²) in [6.07, 6.45) is 0.689. The average molecular weight is 249 g/mol. The molecule has 1 heterocycles. The maximum Gasteiger partial charge on any atom is 0.307 e. The Morgan fingerprint density at radius 2 is 2.33 bits per heavy atom. The van der Waals surface area contributed by atoms with Crippen LogP contribution in [0, 0.1) is 5.92 Å². The first kappa shape index (κ1) is 12.9. The summed E-state index contributed by atoms with van der Waals surface area (Å²) in [7, 11) is 0. The van der Waals surface area contributed by atoms with Crippen molar-refractivity contribution in [3.63, 3.8) is 0 Å². The number of hydrogen-bond acceptors (Lipinski definition) is 4. The Kier molecular flexibility index (Phi) is 3.84. The third kappa shape index (κ3) is 2.63. The molecule has 0 unspecified atom stereocenters. The van der Waals surface area contributed by atoms with Crippen molar-refractivity contribution in [2.75, 3.05) is 25.4 Å². The zero-order valence-corrected chi connectivity index (χ0v) is 10.2. The maximum atomic E-state index is 11.0. The Bertz CT molecular complexity index is 436. The van der Waals surface area contributed by atoms with Gasteiger partial charge in [0.25, 0.3) is 0 Å². The van der Waals surface area contributed by atoms with E-state index in [4.69, 9.17) is 16.6 Å². The van der Waals surface area contributed by atoms with Gasteiger partial charge in [-0.2, -0.15) is 0 Å². The maximum absolute atomic E-state index is 11.0. The molecule has 5 N–H and O–H groups in total. The summed E-state index contributed by atoms with van der Waals surface area (Å²) < 4.78 is 0. The zero-order valence-electron chi connectivity index (χ0n) is 10.2. The minimum atomic E-state index is -0.721. The fourth-order valence-corrected chi connectivity index (χ4v) is 2.53. The van der Waals surface area contributed by atoms with Crippen molar-refractivity contribution < 1.29 is 9.90 Å². The van der Waals surface area contributed by atoms with Gasteiger partial charge in [0.2, 0.25) is 0 Å².